The third-order valence-electron chi connectivity index (χ3n) is 3.40. The highest BCUT2D eigenvalue weighted by Gasteiger charge is 2.28. The molecule has 3 nitrogen and oxygen atoms in total. The van der Waals surface area contributed by atoms with E-state index >= 15 is 0 Å². The van der Waals surface area contributed by atoms with Crippen LogP contribution in [0.1, 0.15) is 32.3 Å². The average Bonchev–Trinajstić information content (AvgIpc) is 2.41. The molecule has 1 rings (SSSR count). The highest BCUT2D eigenvalue weighted by Crippen LogP contribution is 2.29. The number of carbonyl (C=O) groups is 1. The van der Waals surface area contributed by atoms with Crippen LogP contribution in [-0.2, 0) is 15.1 Å². The molecule has 0 aliphatic heterocycles. The molecule has 0 heterocycles. The zero-order valence-electron chi connectivity index (χ0n) is 11.1. The maximum absolute atomic E-state index is 11.3. The first-order valence-electron chi connectivity index (χ1n) is 6.16. The number of halogens is 1. The molecule has 1 aromatic rings. The van der Waals surface area contributed by atoms with Gasteiger partial charge in [-0.15, -0.1) is 0 Å². The van der Waals surface area contributed by atoms with Gasteiger partial charge in [-0.1, -0.05) is 37.6 Å². The van der Waals surface area contributed by atoms with Crippen LogP contribution in [0.15, 0.2) is 24.3 Å². The van der Waals surface area contributed by atoms with E-state index in [2.05, 4.69) is 23.9 Å². The molecule has 0 saturated carbocycles. The van der Waals surface area contributed by atoms with Crippen LogP contribution in [0.25, 0.3) is 0 Å². The predicted molar refractivity (Wildman–Crippen MR) is 73.7 cm³/mol. The van der Waals surface area contributed by atoms with Crippen molar-refractivity contribution >= 4 is 17.6 Å². The molecule has 1 N–H and O–H groups in total. The number of hydrogen-bond donors (Lipinski definition) is 1. The Kier molecular flexibility index (Phi) is 5.63. The number of nitrogens with one attached hydrogen (secondary N) is 1. The minimum Gasteiger partial charge on any atom is -0.468 e. The van der Waals surface area contributed by atoms with Crippen LogP contribution in [0.4, 0.5) is 0 Å². The fraction of sp³-hybridized carbons (Fsp3) is 0.500. The van der Waals surface area contributed by atoms with Gasteiger partial charge < -0.3 is 4.74 Å². The van der Waals surface area contributed by atoms with E-state index in [1.807, 2.05) is 24.3 Å². The first-order chi connectivity index (χ1) is 8.57. The predicted octanol–water partition coefficient (Wildman–Crippen LogP) is 3.12. The van der Waals surface area contributed by atoms with E-state index in [1.165, 1.54) is 7.11 Å². The molecule has 0 aliphatic carbocycles. The third kappa shape index (κ3) is 3.47. The van der Waals surface area contributed by atoms with Crippen LogP contribution in [0, 0.1) is 0 Å². The van der Waals surface area contributed by atoms with Crippen LogP contribution in [-0.4, -0.2) is 19.6 Å². The van der Waals surface area contributed by atoms with Crippen LogP contribution in [0.5, 0.6) is 0 Å². The van der Waals surface area contributed by atoms with Gasteiger partial charge in [-0.25, -0.2) is 0 Å². The van der Waals surface area contributed by atoms with Crippen molar-refractivity contribution in [1.29, 1.82) is 0 Å². The molecule has 0 aromatic heterocycles. The maximum atomic E-state index is 11.3. The minimum absolute atomic E-state index is 0.209. The lowest BCUT2D eigenvalue weighted by molar-refractivity contribution is -0.140. The zero-order chi connectivity index (χ0) is 13.6. The molecule has 0 amide bonds. The topological polar surface area (TPSA) is 38.3 Å². The van der Waals surface area contributed by atoms with Crippen LogP contribution in [0.2, 0.25) is 5.02 Å². The van der Waals surface area contributed by atoms with E-state index in [1.54, 1.807) is 0 Å². The van der Waals surface area contributed by atoms with Crippen molar-refractivity contribution in [2.75, 3.05) is 13.7 Å². The summed E-state index contributed by atoms with van der Waals surface area (Å²) >= 11 is 5.90. The number of methoxy groups -OCH3 is 1. The second-order valence-corrected chi connectivity index (χ2v) is 4.66. The molecule has 0 atom stereocenters. The van der Waals surface area contributed by atoms with E-state index < -0.39 is 0 Å². The summed E-state index contributed by atoms with van der Waals surface area (Å²) < 4.78 is 4.67. The van der Waals surface area contributed by atoms with Crippen molar-refractivity contribution in [3.05, 3.63) is 34.9 Å². The second kappa shape index (κ2) is 6.76. The number of benzene rings is 1. The third-order valence-corrected chi connectivity index (χ3v) is 3.65. The molecular formula is C14H20ClNO2. The maximum Gasteiger partial charge on any atom is 0.319 e. The van der Waals surface area contributed by atoms with Gasteiger partial charge >= 0.3 is 5.97 Å². The molecule has 0 spiro atoms. The second-order valence-electron chi connectivity index (χ2n) is 4.23. The van der Waals surface area contributed by atoms with E-state index in [9.17, 15) is 4.79 Å². The number of esters is 1. The van der Waals surface area contributed by atoms with Gasteiger partial charge in [-0.2, -0.15) is 0 Å². The van der Waals surface area contributed by atoms with Crippen LogP contribution in [0.3, 0.4) is 0 Å². The largest absolute Gasteiger partial charge is 0.468 e. The molecule has 0 fully saturated rings. The lowest BCUT2D eigenvalue weighted by atomic mass is 9.84. The quantitative estimate of drug-likeness (QED) is 0.807. The molecule has 1 aromatic carbocycles. The number of ether oxygens (including phenoxy) is 1. The Morgan fingerprint density at radius 1 is 1.28 bits per heavy atom. The Morgan fingerprint density at radius 3 is 2.28 bits per heavy atom. The van der Waals surface area contributed by atoms with E-state index in [4.69, 9.17) is 11.6 Å². The summed E-state index contributed by atoms with van der Waals surface area (Å²) in [4.78, 5) is 11.3. The normalized spacial score (nSPS) is 11.3. The monoisotopic (exact) mass is 269 g/mol. The van der Waals surface area contributed by atoms with Gasteiger partial charge in [0.1, 0.15) is 0 Å². The highest BCUT2D eigenvalue weighted by atomic mass is 35.5. The summed E-state index contributed by atoms with van der Waals surface area (Å²) in [6.07, 6.45) is 1.78. The van der Waals surface area contributed by atoms with Gasteiger partial charge in [0.05, 0.1) is 13.7 Å². The standard InChI is InChI=1S/C14H20ClNO2/c1-4-14(5-2,16-10-13(17)18-3)11-6-8-12(15)9-7-11/h6-9,16H,4-5,10H2,1-3H3. The van der Waals surface area contributed by atoms with Crippen molar-refractivity contribution < 1.29 is 9.53 Å². The lowest BCUT2D eigenvalue weighted by Gasteiger charge is -2.33. The molecule has 0 bridgehead atoms. The molecule has 0 radical (unpaired) electrons. The fourth-order valence-corrected chi connectivity index (χ4v) is 2.22. The molecular weight excluding hydrogens is 250 g/mol. The Bertz CT molecular complexity index is 385. The molecule has 4 heteroatoms. The smallest absolute Gasteiger partial charge is 0.319 e. The van der Waals surface area contributed by atoms with Crippen molar-refractivity contribution in [1.82, 2.24) is 5.32 Å². The Hall–Kier alpha value is -1.06. The SMILES string of the molecule is CCC(CC)(NCC(=O)OC)c1ccc(Cl)cc1. The van der Waals surface area contributed by atoms with Crippen molar-refractivity contribution in [2.24, 2.45) is 0 Å². The van der Waals surface area contributed by atoms with Crippen LogP contribution >= 0.6 is 11.6 Å². The number of carbonyl (C=O) groups excluding carboxylic acids is 1. The first kappa shape index (κ1) is 15.0. The summed E-state index contributed by atoms with van der Waals surface area (Å²) in [7, 11) is 1.39. The van der Waals surface area contributed by atoms with E-state index in [0.717, 1.165) is 18.4 Å². The van der Waals surface area contributed by atoms with E-state index in [0.29, 0.717) is 5.02 Å². The molecule has 100 valence electrons. The summed E-state index contributed by atoms with van der Waals surface area (Å²) in [5.41, 5.74) is 0.930. The van der Waals surface area contributed by atoms with Gasteiger partial charge in [0.25, 0.3) is 0 Å². The summed E-state index contributed by atoms with van der Waals surface area (Å²) in [6.45, 7) is 4.41. The van der Waals surface area contributed by atoms with Crippen LogP contribution < -0.4 is 5.32 Å². The highest BCUT2D eigenvalue weighted by molar-refractivity contribution is 6.30. The molecule has 0 saturated heterocycles. The van der Waals surface area contributed by atoms with E-state index in [-0.39, 0.29) is 18.1 Å². The Labute approximate surface area is 113 Å². The molecule has 0 aliphatic rings. The van der Waals surface area contributed by atoms with Gasteiger partial charge in [-0.3, -0.25) is 10.1 Å². The molecule has 18 heavy (non-hydrogen) atoms. The van der Waals surface area contributed by atoms with Crippen molar-refractivity contribution in [3.63, 3.8) is 0 Å². The Morgan fingerprint density at radius 2 is 1.83 bits per heavy atom. The van der Waals surface area contributed by atoms with Gasteiger partial charge in [0.2, 0.25) is 0 Å². The summed E-state index contributed by atoms with van der Waals surface area (Å²) in [5.74, 6) is -0.254. The van der Waals surface area contributed by atoms with Gasteiger partial charge in [-0.05, 0) is 30.5 Å². The lowest BCUT2D eigenvalue weighted by Crippen LogP contribution is -2.44. The van der Waals surface area contributed by atoms with Crippen molar-refractivity contribution in [3.8, 4) is 0 Å². The summed E-state index contributed by atoms with van der Waals surface area (Å²) in [5, 5.41) is 4.02. The fourth-order valence-electron chi connectivity index (χ4n) is 2.09. The molecule has 0 unspecified atom stereocenters. The minimum atomic E-state index is -0.254. The van der Waals surface area contributed by atoms with Crippen molar-refractivity contribution in [2.45, 2.75) is 32.2 Å². The van der Waals surface area contributed by atoms with Gasteiger partial charge in [0, 0.05) is 10.6 Å². The average molecular weight is 270 g/mol. The summed E-state index contributed by atoms with van der Waals surface area (Å²) in [6, 6.07) is 7.74. The first-order valence-corrected chi connectivity index (χ1v) is 6.53. The Balaban J connectivity index is 2.91. The number of hydrogen-bond acceptors (Lipinski definition) is 3. The van der Waals surface area contributed by atoms with Gasteiger partial charge in [0.15, 0.2) is 0 Å². The zero-order valence-corrected chi connectivity index (χ0v) is 11.9. The number of rotatable bonds is 6.